The van der Waals surface area contributed by atoms with Crippen molar-refractivity contribution in [1.82, 2.24) is 0 Å². The standard InChI is InChI=1S/C15H14ClN3OS/c1-9-2-3-10(14(17)21)8-13(9)19-15(20)18-12-6-4-11(16)5-7-12/h2-8H,1H3,(H2,17,21)(H2,18,19,20). The van der Waals surface area contributed by atoms with Crippen molar-refractivity contribution >= 4 is 46.2 Å². The number of benzene rings is 2. The predicted molar refractivity (Wildman–Crippen MR) is 91.2 cm³/mol. The second-order valence-corrected chi connectivity index (χ2v) is 5.36. The van der Waals surface area contributed by atoms with E-state index < -0.39 is 0 Å². The minimum absolute atomic E-state index is 0.288. The Labute approximate surface area is 133 Å². The van der Waals surface area contributed by atoms with Crippen molar-refractivity contribution in [2.45, 2.75) is 6.92 Å². The Morgan fingerprint density at radius 3 is 2.43 bits per heavy atom. The maximum Gasteiger partial charge on any atom is 0.323 e. The van der Waals surface area contributed by atoms with Crippen LogP contribution in [0.2, 0.25) is 5.02 Å². The summed E-state index contributed by atoms with van der Waals surface area (Å²) in [4.78, 5) is 12.3. The molecule has 2 amide bonds. The summed E-state index contributed by atoms with van der Waals surface area (Å²) in [5.41, 5.74) is 8.53. The summed E-state index contributed by atoms with van der Waals surface area (Å²) in [5.74, 6) is 0. The molecule has 0 spiro atoms. The summed E-state index contributed by atoms with van der Waals surface area (Å²) >= 11 is 10.7. The van der Waals surface area contributed by atoms with Crippen LogP contribution >= 0.6 is 23.8 Å². The molecule has 0 fully saturated rings. The van der Waals surface area contributed by atoms with E-state index in [0.717, 1.165) is 5.56 Å². The number of anilines is 2. The molecule has 0 bridgehead atoms. The Bertz CT molecular complexity index is 686. The molecule has 0 atom stereocenters. The normalized spacial score (nSPS) is 10.0. The molecular weight excluding hydrogens is 306 g/mol. The summed E-state index contributed by atoms with van der Waals surface area (Å²) in [7, 11) is 0. The molecule has 0 aliphatic heterocycles. The molecule has 4 nitrogen and oxygen atoms in total. The highest BCUT2D eigenvalue weighted by atomic mass is 35.5. The van der Waals surface area contributed by atoms with Gasteiger partial charge in [-0.3, -0.25) is 0 Å². The van der Waals surface area contributed by atoms with E-state index in [0.29, 0.717) is 22.0 Å². The van der Waals surface area contributed by atoms with Crippen molar-refractivity contribution < 1.29 is 4.79 Å². The van der Waals surface area contributed by atoms with E-state index in [2.05, 4.69) is 10.6 Å². The fourth-order valence-corrected chi connectivity index (χ4v) is 1.98. The van der Waals surface area contributed by atoms with Crippen LogP contribution in [0.1, 0.15) is 11.1 Å². The van der Waals surface area contributed by atoms with Gasteiger partial charge in [0.25, 0.3) is 0 Å². The first-order valence-electron chi connectivity index (χ1n) is 6.20. The van der Waals surface area contributed by atoms with Crippen LogP contribution in [0.5, 0.6) is 0 Å². The Hall–Kier alpha value is -2.11. The summed E-state index contributed by atoms with van der Waals surface area (Å²) in [6.07, 6.45) is 0. The molecule has 2 aromatic carbocycles. The van der Waals surface area contributed by atoms with Crippen LogP contribution < -0.4 is 16.4 Å². The highest BCUT2D eigenvalue weighted by molar-refractivity contribution is 7.80. The molecule has 6 heteroatoms. The summed E-state index contributed by atoms with van der Waals surface area (Å²) in [6, 6.07) is 11.9. The van der Waals surface area contributed by atoms with E-state index in [9.17, 15) is 4.79 Å². The van der Waals surface area contributed by atoms with Gasteiger partial charge in [-0.1, -0.05) is 36.0 Å². The Morgan fingerprint density at radius 2 is 1.81 bits per heavy atom. The van der Waals surface area contributed by atoms with Crippen molar-refractivity contribution in [2.24, 2.45) is 5.73 Å². The van der Waals surface area contributed by atoms with E-state index in [1.807, 2.05) is 19.1 Å². The first-order valence-corrected chi connectivity index (χ1v) is 6.98. The molecule has 0 radical (unpaired) electrons. The van der Waals surface area contributed by atoms with Crippen LogP contribution in [-0.2, 0) is 0 Å². The van der Waals surface area contributed by atoms with E-state index >= 15 is 0 Å². The number of aryl methyl sites for hydroxylation is 1. The molecule has 2 rings (SSSR count). The minimum atomic E-state index is -0.347. The van der Waals surface area contributed by atoms with Gasteiger partial charge in [-0.15, -0.1) is 0 Å². The van der Waals surface area contributed by atoms with Gasteiger partial charge in [0, 0.05) is 22.0 Å². The number of carbonyl (C=O) groups is 1. The monoisotopic (exact) mass is 319 g/mol. The van der Waals surface area contributed by atoms with Crippen molar-refractivity contribution in [2.75, 3.05) is 10.6 Å². The molecule has 108 valence electrons. The average Bonchev–Trinajstić information content (AvgIpc) is 2.43. The van der Waals surface area contributed by atoms with Gasteiger partial charge in [-0.2, -0.15) is 0 Å². The zero-order chi connectivity index (χ0) is 15.4. The molecule has 2 aromatic rings. The van der Waals surface area contributed by atoms with Crippen LogP contribution in [0.3, 0.4) is 0 Å². The maximum atomic E-state index is 12.0. The highest BCUT2D eigenvalue weighted by Crippen LogP contribution is 2.18. The van der Waals surface area contributed by atoms with Crippen LogP contribution in [0.25, 0.3) is 0 Å². The third-order valence-corrected chi connectivity index (χ3v) is 3.36. The quantitative estimate of drug-likeness (QED) is 0.751. The molecule has 4 N–H and O–H groups in total. The average molecular weight is 320 g/mol. The van der Waals surface area contributed by atoms with Crippen LogP contribution in [0, 0.1) is 6.92 Å². The molecule has 0 aliphatic rings. The lowest BCUT2D eigenvalue weighted by atomic mass is 10.1. The van der Waals surface area contributed by atoms with E-state index in [1.54, 1.807) is 30.3 Å². The number of thiocarbonyl (C=S) groups is 1. The highest BCUT2D eigenvalue weighted by Gasteiger charge is 2.07. The molecular formula is C15H14ClN3OS. The largest absolute Gasteiger partial charge is 0.389 e. The Morgan fingerprint density at radius 1 is 1.14 bits per heavy atom. The SMILES string of the molecule is Cc1ccc(C(N)=S)cc1NC(=O)Nc1ccc(Cl)cc1. The topological polar surface area (TPSA) is 67.1 Å². The number of hydrogen-bond donors (Lipinski definition) is 3. The number of rotatable bonds is 3. The first kappa shape index (κ1) is 15.3. The van der Waals surface area contributed by atoms with Crippen molar-refractivity contribution in [1.29, 1.82) is 0 Å². The van der Waals surface area contributed by atoms with Gasteiger partial charge in [-0.25, -0.2) is 4.79 Å². The van der Waals surface area contributed by atoms with Crippen molar-refractivity contribution in [3.05, 3.63) is 58.6 Å². The number of carbonyl (C=O) groups excluding carboxylic acids is 1. The summed E-state index contributed by atoms with van der Waals surface area (Å²) in [6.45, 7) is 1.89. The zero-order valence-corrected chi connectivity index (χ0v) is 12.9. The molecule has 0 aliphatic carbocycles. The van der Waals surface area contributed by atoms with E-state index in [-0.39, 0.29) is 11.0 Å². The third-order valence-electron chi connectivity index (χ3n) is 2.87. The van der Waals surface area contributed by atoms with Gasteiger partial charge < -0.3 is 16.4 Å². The number of amides is 2. The fraction of sp³-hybridized carbons (Fsp3) is 0.0667. The molecule has 0 saturated carbocycles. The Kier molecular flexibility index (Phi) is 4.77. The van der Waals surface area contributed by atoms with Gasteiger partial charge in [-0.05, 0) is 42.8 Å². The molecule has 21 heavy (non-hydrogen) atoms. The molecule has 0 unspecified atom stereocenters. The van der Waals surface area contributed by atoms with Crippen molar-refractivity contribution in [3.8, 4) is 0 Å². The van der Waals surface area contributed by atoms with Crippen LogP contribution in [-0.4, -0.2) is 11.0 Å². The Balaban J connectivity index is 2.10. The second-order valence-electron chi connectivity index (χ2n) is 4.48. The maximum absolute atomic E-state index is 12.0. The van der Waals surface area contributed by atoms with E-state index in [1.165, 1.54) is 0 Å². The fourth-order valence-electron chi connectivity index (χ4n) is 1.73. The number of nitrogens with one attached hydrogen (secondary N) is 2. The number of nitrogens with two attached hydrogens (primary N) is 1. The summed E-state index contributed by atoms with van der Waals surface area (Å²) < 4.78 is 0. The van der Waals surface area contributed by atoms with Gasteiger partial charge >= 0.3 is 6.03 Å². The smallest absolute Gasteiger partial charge is 0.323 e. The van der Waals surface area contributed by atoms with Crippen LogP contribution in [0.15, 0.2) is 42.5 Å². The second kappa shape index (κ2) is 6.56. The number of hydrogen-bond acceptors (Lipinski definition) is 2. The van der Waals surface area contributed by atoms with Gasteiger partial charge in [0.05, 0.1) is 0 Å². The van der Waals surface area contributed by atoms with Crippen molar-refractivity contribution in [3.63, 3.8) is 0 Å². The number of urea groups is 1. The van der Waals surface area contributed by atoms with E-state index in [4.69, 9.17) is 29.6 Å². The minimum Gasteiger partial charge on any atom is -0.389 e. The van der Waals surface area contributed by atoms with Gasteiger partial charge in [0.15, 0.2) is 0 Å². The predicted octanol–water partition coefficient (Wildman–Crippen LogP) is 3.93. The molecule has 0 heterocycles. The van der Waals surface area contributed by atoms with Gasteiger partial charge in [0.1, 0.15) is 4.99 Å². The first-order chi connectivity index (χ1) is 9.95. The molecule has 0 saturated heterocycles. The molecule has 0 aromatic heterocycles. The lowest BCUT2D eigenvalue weighted by molar-refractivity contribution is 0.262. The summed E-state index contributed by atoms with van der Waals surface area (Å²) in [5, 5.41) is 6.10. The lowest BCUT2D eigenvalue weighted by Crippen LogP contribution is -2.20. The number of halogens is 1. The lowest BCUT2D eigenvalue weighted by Gasteiger charge is -2.11. The third kappa shape index (κ3) is 4.18. The van der Waals surface area contributed by atoms with Crippen LogP contribution in [0.4, 0.5) is 16.2 Å². The zero-order valence-electron chi connectivity index (χ0n) is 11.3. The van der Waals surface area contributed by atoms with Gasteiger partial charge in [0.2, 0.25) is 0 Å².